The monoisotopic (exact) mass is 396 g/mol. The summed E-state index contributed by atoms with van der Waals surface area (Å²) >= 11 is 0. The van der Waals surface area contributed by atoms with E-state index in [-0.39, 0.29) is 24.2 Å². The number of aryl methyl sites for hydroxylation is 1. The van der Waals surface area contributed by atoms with Crippen LogP contribution < -0.4 is 4.90 Å². The first kappa shape index (κ1) is 19.6. The van der Waals surface area contributed by atoms with E-state index < -0.39 is 5.60 Å². The number of morpholine rings is 1. The standard InChI is InChI=1S/C23H25FN2O3/c1-17-5-2-3-6-18(17)13-21(27)25-11-9-23(10-12-25)16-26(22(28)15-29-23)20-8-4-7-19(24)14-20/h2-8,14H,9-13,15-16H2,1H3. The second kappa shape index (κ2) is 7.95. The minimum absolute atomic E-state index is 0.0202. The van der Waals surface area contributed by atoms with Crippen LogP contribution in [0.15, 0.2) is 48.5 Å². The van der Waals surface area contributed by atoms with Gasteiger partial charge in [0.25, 0.3) is 5.91 Å². The minimum atomic E-state index is -0.486. The molecule has 0 radical (unpaired) electrons. The van der Waals surface area contributed by atoms with E-state index in [4.69, 9.17) is 4.74 Å². The lowest BCUT2D eigenvalue weighted by Gasteiger charge is -2.47. The van der Waals surface area contributed by atoms with Gasteiger partial charge in [0, 0.05) is 18.8 Å². The van der Waals surface area contributed by atoms with E-state index in [9.17, 15) is 14.0 Å². The van der Waals surface area contributed by atoms with Gasteiger partial charge in [-0.15, -0.1) is 0 Å². The van der Waals surface area contributed by atoms with Gasteiger partial charge in [0.1, 0.15) is 12.4 Å². The molecule has 0 bridgehead atoms. The fraction of sp³-hybridized carbons (Fsp3) is 0.391. The van der Waals surface area contributed by atoms with Crippen molar-refractivity contribution in [1.82, 2.24) is 4.90 Å². The van der Waals surface area contributed by atoms with Gasteiger partial charge in [-0.3, -0.25) is 9.59 Å². The van der Waals surface area contributed by atoms with Crippen molar-refractivity contribution < 1.29 is 18.7 Å². The van der Waals surface area contributed by atoms with Crippen LogP contribution in [-0.4, -0.2) is 48.6 Å². The van der Waals surface area contributed by atoms with E-state index in [2.05, 4.69) is 0 Å². The van der Waals surface area contributed by atoms with E-state index in [1.807, 2.05) is 36.1 Å². The maximum Gasteiger partial charge on any atom is 0.253 e. The summed E-state index contributed by atoms with van der Waals surface area (Å²) in [6.07, 6.45) is 1.71. The molecule has 5 nitrogen and oxygen atoms in total. The summed E-state index contributed by atoms with van der Waals surface area (Å²) in [7, 11) is 0. The smallest absolute Gasteiger partial charge is 0.253 e. The van der Waals surface area contributed by atoms with Crippen LogP contribution in [0.1, 0.15) is 24.0 Å². The Labute approximate surface area is 170 Å². The molecule has 2 fully saturated rings. The van der Waals surface area contributed by atoms with Crippen molar-refractivity contribution in [3.8, 4) is 0 Å². The topological polar surface area (TPSA) is 49.9 Å². The molecule has 29 heavy (non-hydrogen) atoms. The van der Waals surface area contributed by atoms with Crippen LogP contribution in [0.5, 0.6) is 0 Å². The van der Waals surface area contributed by atoms with E-state index in [0.717, 1.165) is 11.1 Å². The average Bonchev–Trinajstić information content (AvgIpc) is 2.72. The summed E-state index contributed by atoms with van der Waals surface area (Å²) in [4.78, 5) is 28.6. The molecule has 152 valence electrons. The number of rotatable bonds is 3. The van der Waals surface area contributed by atoms with Gasteiger partial charge in [-0.25, -0.2) is 4.39 Å². The zero-order valence-electron chi connectivity index (χ0n) is 16.6. The summed E-state index contributed by atoms with van der Waals surface area (Å²) in [6, 6.07) is 14.0. The number of hydrogen-bond acceptors (Lipinski definition) is 3. The highest BCUT2D eigenvalue weighted by Crippen LogP contribution is 2.33. The number of anilines is 1. The first-order valence-corrected chi connectivity index (χ1v) is 9.98. The van der Waals surface area contributed by atoms with Crippen molar-refractivity contribution in [1.29, 1.82) is 0 Å². The molecule has 0 saturated carbocycles. The summed E-state index contributed by atoms with van der Waals surface area (Å²) in [6.45, 7) is 3.57. The Bertz CT molecular complexity index is 922. The normalized spacial score (nSPS) is 18.9. The molecular weight excluding hydrogens is 371 g/mol. The van der Waals surface area contributed by atoms with Gasteiger partial charge in [-0.1, -0.05) is 30.3 Å². The maximum absolute atomic E-state index is 13.6. The number of benzene rings is 2. The Kier molecular flexibility index (Phi) is 5.37. The minimum Gasteiger partial charge on any atom is -0.363 e. The third kappa shape index (κ3) is 4.17. The molecule has 1 spiro atoms. The predicted octanol–water partition coefficient (Wildman–Crippen LogP) is 3.10. The number of ether oxygens (including phenoxy) is 1. The number of amides is 2. The lowest BCUT2D eigenvalue weighted by atomic mass is 9.88. The molecule has 0 aromatic heterocycles. The molecular formula is C23H25FN2O3. The lowest BCUT2D eigenvalue weighted by Crippen LogP contribution is -2.59. The van der Waals surface area contributed by atoms with E-state index in [1.54, 1.807) is 17.0 Å². The summed E-state index contributed by atoms with van der Waals surface area (Å²) in [5.41, 5.74) is 2.24. The van der Waals surface area contributed by atoms with Gasteiger partial charge in [-0.2, -0.15) is 0 Å². The van der Waals surface area contributed by atoms with Gasteiger partial charge < -0.3 is 14.5 Å². The molecule has 2 saturated heterocycles. The molecule has 0 aliphatic carbocycles. The van der Waals surface area contributed by atoms with Crippen LogP contribution in [0.3, 0.4) is 0 Å². The van der Waals surface area contributed by atoms with Gasteiger partial charge in [0.15, 0.2) is 0 Å². The fourth-order valence-electron chi connectivity index (χ4n) is 4.14. The molecule has 2 aromatic carbocycles. The van der Waals surface area contributed by atoms with Crippen LogP contribution in [0.25, 0.3) is 0 Å². The molecule has 2 aliphatic heterocycles. The molecule has 2 heterocycles. The van der Waals surface area contributed by atoms with Crippen molar-refractivity contribution in [2.75, 3.05) is 31.1 Å². The van der Waals surface area contributed by atoms with Gasteiger partial charge in [0.05, 0.1) is 18.6 Å². The first-order valence-electron chi connectivity index (χ1n) is 9.98. The third-order valence-electron chi connectivity index (χ3n) is 6.00. The molecule has 2 amide bonds. The Morgan fingerprint density at radius 3 is 2.62 bits per heavy atom. The van der Waals surface area contributed by atoms with Crippen molar-refractivity contribution in [2.45, 2.75) is 31.8 Å². The molecule has 2 aliphatic rings. The Balaban J connectivity index is 1.41. The number of likely N-dealkylation sites (tertiary alicyclic amines) is 1. The fourth-order valence-corrected chi connectivity index (χ4v) is 4.14. The van der Waals surface area contributed by atoms with Crippen molar-refractivity contribution in [3.05, 3.63) is 65.5 Å². The first-order chi connectivity index (χ1) is 14.0. The Morgan fingerprint density at radius 1 is 1.14 bits per heavy atom. The number of piperidine rings is 1. The molecule has 2 aromatic rings. The van der Waals surface area contributed by atoms with Crippen molar-refractivity contribution in [2.24, 2.45) is 0 Å². The number of carbonyl (C=O) groups excluding carboxylic acids is 2. The van der Waals surface area contributed by atoms with Crippen LogP contribution >= 0.6 is 0 Å². The zero-order chi connectivity index (χ0) is 20.4. The number of hydrogen-bond donors (Lipinski definition) is 0. The van der Waals surface area contributed by atoms with Gasteiger partial charge in [-0.05, 0) is 49.1 Å². The van der Waals surface area contributed by atoms with Crippen molar-refractivity contribution >= 4 is 17.5 Å². The highest BCUT2D eigenvalue weighted by atomic mass is 19.1. The van der Waals surface area contributed by atoms with E-state index in [1.165, 1.54) is 12.1 Å². The van der Waals surface area contributed by atoms with Crippen LogP contribution in [0.2, 0.25) is 0 Å². The number of carbonyl (C=O) groups is 2. The molecule has 4 rings (SSSR count). The lowest BCUT2D eigenvalue weighted by molar-refractivity contribution is -0.150. The second-order valence-electron chi connectivity index (χ2n) is 7.92. The Morgan fingerprint density at radius 2 is 1.90 bits per heavy atom. The van der Waals surface area contributed by atoms with Crippen LogP contribution in [0.4, 0.5) is 10.1 Å². The molecule has 6 heteroatoms. The third-order valence-corrected chi connectivity index (χ3v) is 6.00. The molecule has 0 N–H and O–H groups in total. The SMILES string of the molecule is Cc1ccccc1CC(=O)N1CCC2(CC1)CN(c1cccc(F)c1)C(=O)CO2. The zero-order valence-corrected chi connectivity index (χ0v) is 16.6. The average molecular weight is 396 g/mol. The quantitative estimate of drug-likeness (QED) is 0.801. The number of nitrogens with zero attached hydrogens (tertiary/aromatic N) is 2. The Hall–Kier alpha value is -2.73. The summed E-state index contributed by atoms with van der Waals surface area (Å²) in [5, 5.41) is 0. The van der Waals surface area contributed by atoms with E-state index >= 15 is 0 Å². The van der Waals surface area contributed by atoms with Gasteiger partial charge >= 0.3 is 0 Å². The highest BCUT2D eigenvalue weighted by Gasteiger charge is 2.43. The number of halogens is 1. The largest absolute Gasteiger partial charge is 0.363 e. The van der Waals surface area contributed by atoms with Crippen LogP contribution in [0, 0.1) is 12.7 Å². The molecule has 0 unspecified atom stereocenters. The predicted molar refractivity (Wildman–Crippen MR) is 108 cm³/mol. The van der Waals surface area contributed by atoms with Gasteiger partial charge in [0.2, 0.25) is 5.91 Å². The second-order valence-corrected chi connectivity index (χ2v) is 7.92. The summed E-state index contributed by atoms with van der Waals surface area (Å²) < 4.78 is 19.6. The summed E-state index contributed by atoms with van der Waals surface area (Å²) in [5.74, 6) is -0.422. The van der Waals surface area contributed by atoms with Crippen LogP contribution in [-0.2, 0) is 20.7 Å². The maximum atomic E-state index is 13.6. The van der Waals surface area contributed by atoms with Crippen molar-refractivity contribution in [3.63, 3.8) is 0 Å². The highest BCUT2D eigenvalue weighted by molar-refractivity contribution is 5.95. The van der Waals surface area contributed by atoms with E-state index in [0.29, 0.717) is 44.6 Å². The molecule has 0 atom stereocenters.